The molecule has 0 amide bonds. The molecule has 0 aliphatic heterocycles. The molecule has 1 aliphatic rings. The zero-order valence-electron chi connectivity index (χ0n) is 12.9. The molecule has 0 radical (unpaired) electrons. The topological polar surface area (TPSA) is 58.2 Å². The van der Waals surface area contributed by atoms with Crippen molar-refractivity contribution in [2.45, 2.75) is 39.0 Å². The number of sulfonamides is 1. The van der Waals surface area contributed by atoms with Crippen molar-refractivity contribution in [3.8, 4) is 0 Å². The predicted octanol–water partition coefficient (Wildman–Crippen LogP) is 2.26. The van der Waals surface area contributed by atoms with Gasteiger partial charge in [0.2, 0.25) is 10.0 Å². The van der Waals surface area contributed by atoms with Gasteiger partial charge in [0.15, 0.2) is 0 Å². The van der Waals surface area contributed by atoms with Gasteiger partial charge in [-0.2, -0.15) is 0 Å². The summed E-state index contributed by atoms with van der Waals surface area (Å²) in [4.78, 5) is 0. The van der Waals surface area contributed by atoms with Crippen LogP contribution in [-0.2, 0) is 22.3 Å². The average Bonchev–Trinajstić information content (AvgIpc) is 3.15. The fourth-order valence-corrected chi connectivity index (χ4v) is 3.55. The van der Waals surface area contributed by atoms with Crippen LogP contribution in [0.3, 0.4) is 0 Å². The van der Waals surface area contributed by atoms with Crippen LogP contribution in [0.4, 0.5) is 0 Å². The molecule has 0 spiro atoms. The van der Waals surface area contributed by atoms with Gasteiger partial charge in [0.25, 0.3) is 0 Å². The number of nitrogens with one attached hydrogen (secondary N) is 2. The van der Waals surface area contributed by atoms with E-state index in [0.29, 0.717) is 18.4 Å². The van der Waals surface area contributed by atoms with E-state index in [4.69, 9.17) is 0 Å². The molecule has 1 aliphatic carbocycles. The summed E-state index contributed by atoms with van der Waals surface area (Å²) in [6, 6.07) is 7.80. The number of rotatable bonds is 9. The summed E-state index contributed by atoms with van der Waals surface area (Å²) in [6.07, 6.45) is 2.25. The maximum Gasteiger partial charge on any atom is 0.215 e. The fraction of sp³-hybridized carbons (Fsp3) is 0.625. The second-order valence-corrected chi connectivity index (χ2v) is 7.88. The molecular weight excluding hydrogens is 284 g/mol. The van der Waals surface area contributed by atoms with E-state index in [2.05, 4.69) is 23.9 Å². The molecule has 0 heterocycles. The van der Waals surface area contributed by atoms with Crippen LogP contribution >= 0.6 is 0 Å². The monoisotopic (exact) mass is 310 g/mol. The zero-order chi connectivity index (χ0) is 15.3. The van der Waals surface area contributed by atoms with Crippen LogP contribution in [0.25, 0.3) is 0 Å². The van der Waals surface area contributed by atoms with Crippen LogP contribution in [0.2, 0.25) is 0 Å². The minimum absolute atomic E-state index is 0.0662. The van der Waals surface area contributed by atoms with Gasteiger partial charge in [0.05, 0.1) is 5.75 Å². The van der Waals surface area contributed by atoms with Gasteiger partial charge in [-0.3, -0.25) is 0 Å². The Labute approximate surface area is 128 Å². The van der Waals surface area contributed by atoms with Gasteiger partial charge in [-0.25, -0.2) is 13.1 Å². The normalized spacial score (nSPS) is 21.4. The van der Waals surface area contributed by atoms with Crippen molar-refractivity contribution in [3.63, 3.8) is 0 Å². The van der Waals surface area contributed by atoms with Gasteiger partial charge in [-0.05, 0) is 42.3 Å². The molecule has 1 aromatic carbocycles. The van der Waals surface area contributed by atoms with E-state index < -0.39 is 10.0 Å². The van der Waals surface area contributed by atoms with Crippen LogP contribution in [0, 0.1) is 11.8 Å². The van der Waals surface area contributed by atoms with E-state index in [0.717, 1.165) is 31.5 Å². The molecule has 118 valence electrons. The highest BCUT2D eigenvalue weighted by Gasteiger charge is 2.33. The molecule has 21 heavy (non-hydrogen) atoms. The number of hydrogen-bond acceptors (Lipinski definition) is 3. The third-order valence-electron chi connectivity index (χ3n) is 3.98. The van der Waals surface area contributed by atoms with E-state index >= 15 is 0 Å². The van der Waals surface area contributed by atoms with Crippen LogP contribution in [0.5, 0.6) is 0 Å². The molecule has 1 fully saturated rings. The summed E-state index contributed by atoms with van der Waals surface area (Å²) in [5.74, 6) is 1.27. The predicted molar refractivity (Wildman–Crippen MR) is 86.3 cm³/mol. The molecule has 2 N–H and O–H groups in total. The highest BCUT2D eigenvalue weighted by molar-refractivity contribution is 7.88. The van der Waals surface area contributed by atoms with Gasteiger partial charge in [0, 0.05) is 13.1 Å². The molecule has 0 saturated heterocycles. The Balaban J connectivity index is 1.81. The minimum atomic E-state index is -3.21. The Hall–Kier alpha value is -0.910. The SMILES string of the molecule is CCCNCc1ccc(CS(=O)(=O)NCC2CC2C)cc1. The third kappa shape index (κ3) is 5.77. The first-order valence-corrected chi connectivity index (χ1v) is 9.41. The van der Waals surface area contributed by atoms with Crippen LogP contribution < -0.4 is 10.0 Å². The van der Waals surface area contributed by atoms with E-state index in [1.165, 1.54) is 5.56 Å². The second-order valence-electron chi connectivity index (χ2n) is 6.07. The molecule has 5 heteroatoms. The van der Waals surface area contributed by atoms with Crippen molar-refractivity contribution >= 4 is 10.0 Å². The smallest absolute Gasteiger partial charge is 0.215 e. The van der Waals surface area contributed by atoms with Crippen LogP contribution in [0.1, 0.15) is 37.8 Å². The van der Waals surface area contributed by atoms with Gasteiger partial charge < -0.3 is 5.32 Å². The molecule has 2 atom stereocenters. The summed E-state index contributed by atoms with van der Waals surface area (Å²) in [6.45, 7) is 6.71. The second kappa shape index (κ2) is 7.38. The molecule has 0 bridgehead atoms. The highest BCUT2D eigenvalue weighted by atomic mass is 32.2. The maximum atomic E-state index is 12.0. The Bertz CT molecular complexity index is 540. The number of hydrogen-bond donors (Lipinski definition) is 2. The van der Waals surface area contributed by atoms with Crippen molar-refractivity contribution in [1.82, 2.24) is 10.0 Å². The first-order valence-electron chi connectivity index (χ1n) is 7.76. The van der Waals surface area contributed by atoms with Crippen LogP contribution in [-0.4, -0.2) is 21.5 Å². The van der Waals surface area contributed by atoms with E-state index in [-0.39, 0.29) is 5.75 Å². The van der Waals surface area contributed by atoms with Crippen LogP contribution in [0.15, 0.2) is 24.3 Å². The lowest BCUT2D eigenvalue weighted by molar-refractivity contribution is 0.573. The summed E-state index contributed by atoms with van der Waals surface area (Å²) < 4.78 is 26.7. The molecule has 1 saturated carbocycles. The molecule has 1 aromatic rings. The van der Waals surface area contributed by atoms with Crippen molar-refractivity contribution in [2.24, 2.45) is 11.8 Å². The first-order chi connectivity index (χ1) is 10.00. The third-order valence-corrected chi connectivity index (χ3v) is 5.30. The molecule has 0 aromatic heterocycles. The number of benzene rings is 1. The van der Waals surface area contributed by atoms with Gasteiger partial charge >= 0.3 is 0 Å². The van der Waals surface area contributed by atoms with Crippen molar-refractivity contribution in [3.05, 3.63) is 35.4 Å². The zero-order valence-corrected chi connectivity index (χ0v) is 13.7. The van der Waals surface area contributed by atoms with Crippen molar-refractivity contribution in [1.29, 1.82) is 0 Å². The Morgan fingerprint density at radius 3 is 2.38 bits per heavy atom. The van der Waals surface area contributed by atoms with E-state index in [1.54, 1.807) is 0 Å². The van der Waals surface area contributed by atoms with Crippen molar-refractivity contribution < 1.29 is 8.42 Å². The lowest BCUT2D eigenvalue weighted by Crippen LogP contribution is -2.27. The average molecular weight is 310 g/mol. The lowest BCUT2D eigenvalue weighted by atomic mass is 10.1. The van der Waals surface area contributed by atoms with E-state index in [9.17, 15) is 8.42 Å². The van der Waals surface area contributed by atoms with Gasteiger partial charge in [0.1, 0.15) is 0 Å². The lowest BCUT2D eigenvalue weighted by Gasteiger charge is -2.08. The maximum absolute atomic E-state index is 12.0. The van der Waals surface area contributed by atoms with E-state index in [1.807, 2.05) is 24.3 Å². The Kier molecular flexibility index (Phi) is 5.79. The molecule has 2 unspecified atom stereocenters. The van der Waals surface area contributed by atoms with Gasteiger partial charge in [-0.15, -0.1) is 0 Å². The Morgan fingerprint density at radius 1 is 1.19 bits per heavy atom. The fourth-order valence-electron chi connectivity index (χ4n) is 2.35. The molecule has 4 nitrogen and oxygen atoms in total. The largest absolute Gasteiger partial charge is 0.313 e. The first kappa shape index (κ1) is 16.5. The summed E-state index contributed by atoms with van der Waals surface area (Å²) in [5, 5.41) is 3.33. The molecule has 2 rings (SSSR count). The molecular formula is C16H26N2O2S. The van der Waals surface area contributed by atoms with Gasteiger partial charge in [-0.1, -0.05) is 38.1 Å². The minimum Gasteiger partial charge on any atom is -0.313 e. The summed E-state index contributed by atoms with van der Waals surface area (Å²) in [7, 11) is -3.21. The quantitative estimate of drug-likeness (QED) is 0.688. The summed E-state index contributed by atoms with van der Waals surface area (Å²) in [5.41, 5.74) is 2.02. The van der Waals surface area contributed by atoms with Crippen molar-refractivity contribution in [2.75, 3.05) is 13.1 Å². The summed E-state index contributed by atoms with van der Waals surface area (Å²) >= 11 is 0. The standard InChI is InChI=1S/C16H26N2O2S/c1-3-8-17-10-14-4-6-15(7-5-14)12-21(19,20)18-11-16-9-13(16)2/h4-7,13,16-18H,3,8-12H2,1-2H3. The highest BCUT2D eigenvalue weighted by Crippen LogP contribution is 2.36. The Morgan fingerprint density at radius 2 is 1.81 bits per heavy atom.